The molecule has 2 saturated carbocycles. The van der Waals surface area contributed by atoms with Gasteiger partial charge in [0.1, 0.15) is 5.82 Å². The van der Waals surface area contributed by atoms with Crippen molar-refractivity contribution in [3.8, 4) is 0 Å². The quantitative estimate of drug-likeness (QED) is 0.642. The van der Waals surface area contributed by atoms with Gasteiger partial charge >= 0.3 is 6.09 Å². The Balaban J connectivity index is 1.39. The molecule has 174 valence electrons. The second kappa shape index (κ2) is 8.57. The summed E-state index contributed by atoms with van der Waals surface area (Å²) < 4.78 is 37.5. The third kappa shape index (κ3) is 4.44. The van der Waals surface area contributed by atoms with Crippen LogP contribution in [0.2, 0.25) is 0 Å². The lowest BCUT2D eigenvalue weighted by molar-refractivity contribution is -0.0103. The maximum Gasteiger partial charge on any atom is 0.410 e. The predicted octanol–water partition coefficient (Wildman–Crippen LogP) is 2.00. The van der Waals surface area contributed by atoms with Crippen LogP contribution in [0.25, 0.3) is 4.85 Å². The molecule has 1 aromatic rings. The number of fused-ring (bicyclic) bond motifs is 1. The zero-order chi connectivity index (χ0) is 23.1. The number of nitrogens with zero attached hydrogens (tertiary/aromatic N) is 4. The minimum atomic E-state index is -3.43. The van der Waals surface area contributed by atoms with Crippen LogP contribution in [0.3, 0.4) is 0 Å². The zero-order valence-corrected chi connectivity index (χ0v) is 19.3. The van der Waals surface area contributed by atoms with Crippen molar-refractivity contribution in [2.45, 2.75) is 68.7 Å². The van der Waals surface area contributed by atoms with Gasteiger partial charge in [0.25, 0.3) is 0 Å². The summed E-state index contributed by atoms with van der Waals surface area (Å²) in [5.74, 6) is 1.25. The van der Waals surface area contributed by atoms with E-state index in [0.29, 0.717) is 18.0 Å². The number of likely N-dealkylation sites (tertiary alicyclic amines) is 1. The third-order valence-corrected chi connectivity index (χ3v) is 7.78. The number of sulfonamides is 1. The van der Waals surface area contributed by atoms with Crippen LogP contribution in [-0.4, -0.2) is 73.6 Å². The van der Waals surface area contributed by atoms with E-state index in [4.69, 9.17) is 16.0 Å². The predicted molar refractivity (Wildman–Crippen MR) is 116 cm³/mol. The normalized spacial score (nSPS) is 33.9. The van der Waals surface area contributed by atoms with Crippen molar-refractivity contribution in [2.75, 3.05) is 20.0 Å². The molecule has 0 aromatic carbocycles. The van der Waals surface area contributed by atoms with Crippen molar-refractivity contribution in [2.24, 2.45) is 5.92 Å². The fourth-order valence-corrected chi connectivity index (χ4v) is 6.24. The monoisotopic (exact) mass is 463 g/mol. The van der Waals surface area contributed by atoms with Gasteiger partial charge < -0.3 is 9.47 Å². The first kappa shape index (κ1) is 22.9. The van der Waals surface area contributed by atoms with E-state index in [1.807, 2.05) is 6.92 Å². The fourth-order valence-electron chi connectivity index (χ4n) is 5.44. The van der Waals surface area contributed by atoms with E-state index in [0.717, 1.165) is 37.8 Å². The molecule has 4 rings (SSSR count). The highest BCUT2D eigenvalue weighted by Gasteiger charge is 2.60. The number of aromatic nitrogens is 2. The number of carbonyl (C=O) groups is 1. The molecule has 0 unspecified atom stereocenters. The van der Waals surface area contributed by atoms with Crippen molar-refractivity contribution < 1.29 is 22.7 Å². The smallest absolute Gasteiger partial charge is 0.410 e. The summed E-state index contributed by atoms with van der Waals surface area (Å²) in [4.78, 5) is 26.1. The second-order valence-electron chi connectivity index (χ2n) is 9.19. The molecule has 3 fully saturated rings. The highest BCUT2D eigenvalue weighted by Crippen LogP contribution is 2.61. The highest BCUT2D eigenvalue weighted by molar-refractivity contribution is 7.88. The molecule has 2 aliphatic carbocycles. The molecule has 1 N–H and O–H groups in total. The van der Waals surface area contributed by atoms with Crippen molar-refractivity contribution in [1.82, 2.24) is 19.6 Å². The summed E-state index contributed by atoms with van der Waals surface area (Å²) in [6.45, 7) is 9.17. The summed E-state index contributed by atoms with van der Waals surface area (Å²) in [7, 11) is -2.10. The number of nitrogens with one attached hydrogen (secondary N) is 1. The second-order valence-corrected chi connectivity index (χ2v) is 11.0. The van der Waals surface area contributed by atoms with Crippen molar-refractivity contribution in [1.29, 1.82) is 0 Å². The van der Waals surface area contributed by atoms with Gasteiger partial charge in [0.05, 0.1) is 38.7 Å². The number of ether oxygens (including phenoxy) is 2. The first-order valence-electron chi connectivity index (χ1n) is 10.8. The van der Waals surface area contributed by atoms with E-state index >= 15 is 0 Å². The molecule has 1 aliphatic heterocycles. The molecule has 6 atom stereocenters. The molecule has 2 heterocycles. The Morgan fingerprint density at radius 2 is 2.09 bits per heavy atom. The van der Waals surface area contributed by atoms with Crippen LogP contribution >= 0.6 is 0 Å². The van der Waals surface area contributed by atoms with E-state index < -0.39 is 28.2 Å². The van der Waals surface area contributed by atoms with Crippen LogP contribution in [-0.2, 0) is 24.9 Å². The molecule has 3 aliphatic rings. The van der Waals surface area contributed by atoms with Gasteiger partial charge in [-0.1, -0.05) is 0 Å². The van der Waals surface area contributed by atoms with Crippen LogP contribution in [0.15, 0.2) is 12.4 Å². The van der Waals surface area contributed by atoms with E-state index in [9.17, 15) is 13.2 Å². The lowest BCUT2D eigenvalue weighted by atomic mass is 9.86. The maximum absolute atomic E-state index is 12.3. The number of rotatable bonds is 6. The van der Waals surface area contributed by atoms with Crippen LogP contribution in [0, 0.1) is 12.5 Å². The lowest BCUT2D eigenvalue weighted by Crippen LogP contribution is -2.50. The van der Waals surface area contributed by atoms with Crippen LogP contribution < -0.4 is 4.72 Å². The van der Waals surface area contributed by atoms with Crippen molar-refractivity contribution >= 4 is 21.8 Å². The van der Waals surface area contributed by atoms with Gasteiger partial charge in [0, 0.05) is 29.9 Å². The Hall–Kier alpha value is -2.29. The molecule has 0 spiro atoms. The van der Waals surface area contributed by atoms with E-state index in [1.165, 1.54) is 7.11 Å². The molecule has 1 aromatic heterocycles. The van der Waals surface area contributed by atoms with Crippen molar-refractivity contribution in [3.05, 3.63) is 29.6 Å². The minimum Gasteiger partial charge on any atom is -0.453 e. The van der Waals surface area contributed by atoms with Gasteiger partial charge in [-0.3, -0.25) is 14.9 Å². The number of amides is 1. The average molecular weight is 464 g/mol. The summed E-state index contributed by atoms with van der Waals surface area (Å²) >= 11 is 0. The Kier molecular flexibility index (Phi) is 6.13. The molecule has 0 bridgehead atoms. The summed E-state index contributed by atoms with van der Waals surface area (Å²) in [6, 6.07) is -1.01. The van der Waals surface area contributed by atoms with Gasteiger partial charge in [-0.15, -0.1) is 0 Å². The molecular weight excluding hydrogens is 434 g/mol. The van der Waals surface area contributed by atoms with Gasteiger partial charge in [-0.2, -0.15) is 0 Å². The van der Waals surface area contributed by atoms with Crippen LogP contribution in [0.4, 0.5) is 10.5 Å². The maximum atomic E-state index is 12.3. The van der Waals surface area contributed by atoms with E-state index in [1.54, 1.807) is 17.3 Å². The van der Waals surface area contributed by atoms with Crippen molar-refractivity contribution in [3.63, 3.8) is 0 Å². The Labute approximate surface area is 188 Å². The number of carbonyl (C=O) groups excluding carboxylic acids is 1. The van der Waals surface area contributed by atoms with Gasteiger partial charge in [-0.25, -0.2) is 22.8 Å². The highest BCUT2D eigenvalue weighted by atomic mass is 32.2. The van der Waals surface area contributed by atoms with E-state index in [-0.39, 0.29) is 24.2 Å². The summed E-state index contributed by atoms with van der Waals surface area (Å²) in [6.07, 6.45) is 7.99. The molecule has 10 nitrogen and oxygen atoms in total. The van der Waals surface area contributed by atoms with Crippen LogP contribution in [0.5, 0.6) is 0 Å². The molecule has 32 heavy (non-hydrogen) atoms. The van der Waals surface area contributed by atoms with Gasteiger partial charge in [-0.05, 0) is 44.9 Å². The van der Waals surface area contributed by atoms with Gasteiger partial charge in [0.2, 0.25) is 15.7 Å². The van der Waals surface area contributed by atoms with E-state index in [2.05, 4.69) is 19.5 Å². The molecule has 11 heteroatoms. The third-order valence-electron chi connectivity index (χ3n) is 7.05. The fraction of sp³-hybridized carbons (Fsp3) is 0.714. The number of hydrogen-bond acceptors (Lipinski definition) is 7. The van der Waals surface area contributed by atoms with Gasteiger partial charge in [0.15, 0.2) is 0 Å². The Morgan fingerprint density at radius 1 is 1.38 bits per heavy atom. The summed E-state index contributed by atoms with van der Waals surface area (Å²) in [5.41, 5.74) is 0.429. The topological polar surface area (TPSA) is 115 Å². The molecule has 1 amide bonds. The first-order valence-corrected chi connectivity index (χ1v) is 12.7. The molecular formula is C21H29N5O5S. The lowest BCUT2D eigenvalue weighted by Gasteiger charge is -2.32. The Bertz CT molecular complexity index is 1010. The number of methoxy groups -OCH3 is 1. The molecule has 0 radical (unpaired) electrons. The zero-order valence-electron chi connectivity index (χ0n) is 18.5. The Morgan fingerprint density at radius 3 is 2.69 bits per heavy atom. The first-order chi connectivity index (χ1) is 15.2. The number of hydrogen-bond donors (Lipinski definition) is 1. The SMILES string of the molecule is [C-]#[N+]c1cnc([C@@]23CC[C@H](OC[C@H]4[C@@H](NS(C)(=O)=O)C[C@@H](C)N4C(=O)OC)C[C@@H]2C3)nc1. The summed E-state index contributed by atoms with van der Waals surface area (Å²) in [5, 5.41) is 0. The average Bonchev–Trinajstić information content (AvgIpc) is 3.41. The molecule has 1 saturated heterocycles. The minimum absolute atomic E-state index is 0.0132. The largest absolute Gasteiger partial charge is 0.453 e. The standard InChI is InChI=1S/C21H29N5O5S/c1-13-7-17(25-32(4,28)29)18(26(13)20(27)30-3)12-31-16-5-6-21(9-14(21)8-16)19-23-10-15(22-2)11-24-19/h10-11,13-14,16-18,25H,5-9,12H2,1,3-4H3/t13-,14-,16+,17+,18+,21-/m1/s1. The van der Waals surface area contributed by atoms with Crippen LogP contribution in [0.1, 0.15) is 44.9 Å².